The lowest BCUT2D eigenvalue weighted by Gasteiger charge is -2.39. The average Bonchev–Trinajstić information content (AvgIpc) is 2.75. The number of aliphatic imine (C=N–C) groups is 1. The summed E-state index contributed by atoms with van der Waals surface area (Å²) in [6.07, 6.45) is 1.93. The highest BCUT2D eigenvalue weighted by Crippen LogP contribution is 2.42. The van der Waals surface area contributed by atoms with Crippen molar-refractivity contribution in [2.75, 3.05) is 13.7 Å². The summed E-state index contributed by atoms with van der Waals surface area (Å²) in [6, 6.07) is 6.42. The molecule has 0 aromatic heterocycles. The first-order valence-electron chi connectivity index (χ1n) is 10.4. The third-order valence-electron chi connectivity index (χ3n) is 4.78. The van der Waals surface area contributed by atoms with Crippen molar-refractivity contribution in [3.05, 3.63) is 46.9 Å². The average molecular weight is 391 g/mol. The van der Waals surface area contributed by atoms with Crippen LogP contribution in [-0.4, -0.2) is 25.5 Å². The number of fused-ring (bicyclic) bond motifs is 1. The Labute approximate surface area is 169 Å². The van der Waals surface area contributed by atoms with E-state index in [9.17, 15) is 9.18 Å². The van der Waals surface area contributed by atoms with Crippen molar-refractivity contribution in [3.8, 4) is 0 Å². The van der Waals surface area contributed by atoms with E-state index in [0.29, 0.717) is 5.57 Å². The molecule has 0 fully saturated rings. The van der Waals surface area contributed by atoms with Crippen LogP contribution in [-0.2, 0) is 9.53 Å². The van der Waals surface area contributed by atoms with Gasteiger partial charge in [-0.15, -0.1) is 0 Å². The number of rotatable bonds is 3. The topological polar surface area (TPSA) is 50.7 Å². The number of esters is 1. The molecule has 3 rings (SSSR count). The summed E-state index contributed by atoms with van der Waals surface area (Å²) in [7, 11) is 1.40. The second-order valence-electron chi connectivity index (χ2n) is 6.64. The zero-order chi connectivity index (χ0) is 21.3. The first-order valence-corrected chi connectivity index (χ1v) is 10.4. The van der Waals surface area contributed by atoms with Gasteiger partial charge in [0.15, 0.2) is 0 Å². The maximum absolute atomic E-state index is 13.4. The third-order valence-corrected chi connectivity index (χ3v) is 4.78. The minimum absolute atomic E-state index is 0.0980. The van der Waals surface area contributed by atoms with Crippen LogP contribution in [0.1, 0.15) is 65.9 Å². The molecule has 0 amide bonds. The quantitative estimate of drug-likeness (QED) is 0.698. The number of carbonyl (C=O) groups is 1. The van der Waals surface area contributed by atoms with E-state index in [-0.39, 0.29) is 29.5 Å². The largest absolute Gasteiger partial charge is 0.466 e. The Balaban J connectivity index is 0.000000921. The minimum atomic E-state index is -0.329. The van der Waals surface area contributed by atoms with E-state index in [1.54, 1.807) is 12.1 Å². The summed E-state index contributed by atoms with van der Waals surface area (Å²) in [5.41, 5.74) is 2.43. The number of halogens is 1. The number of nitrogens with zero attached hydrogens (tertiary/aromatic N) is 1. The van der Waals surface area contributed by atoms with Crippen LogP contribution >= 0.6 is 0 Å². The van der Waals surface area contributed by atoms with Gasteiger partial charge < -0.3 is 10.1 Å². The Bertz CT molecular complexity index is 693. The first kappa shape index (κ1) is 23.9. The number of benzene rings is 1. The highest BCUT2D eigenvalue weighted by atomic mass is 19.1. The number of ether oxygens (including phenoxy) is 1. The summed E-state index contributed by atoms with van der Waals surface area (Å²) >= 11 is 0. The zero-order valence-electron chi connectivity index (χ0n) is 18.3. The van der Waals surface area contributed by atoms with Crippen molar-refractivity contribution in [1.29, 1.82) is 0 Å². The van der Waals surface area contributed by atoms with Gasteiger partial charge in [-0.2, -0.15) is 0 Å². The molecule has 0 bridgehead atoms. The smallest absolute Gasteiger partial charge is 0.336 e. The zero-order valence-corrected chi connectivity index (χ0v) is 18.3. The van der Waals surface area contributed by atoms with Gasteiger partial charge in [-0.25, -0.2) is 9.18 Å². The molecule has 1 aromatic carbocycles. The minimum Gasteiger partial charge on any atom is -0.466 e. The molecule has 4 nitrogen and oxygen atoms in total. The molecule has 2 aliphatic rings. The Morgan fingerprint density at radius 2 is 1.79 bits per heavy atom. The van der Waals surface area contributed by atoms with Crippen LogP contribution in [0.5, 0.6) is 0 Å². The maximum Gasteiger partial charge on any atom is 0.336 e. The van der Waals surface area contributed by atoms with Crippen LogP contribution in [0.15, 0.2) is 40.5 Å². The molecule has 0 aliphatic carbocycles. The molecule has 2 heterocycles. The van der Waals surface area contributed by atoms with Gasteiger partial charge in [0, 0.05) is 24.1 Å². The van der Waals surface area contributed by atoms with Crippen molar-refractivity contribution in [3.63, 3.8) is 0 Å². The highest BCUT2D eigenvalue weighted by Gasteiger charge is 2.41. The van der Waals surface area contributed by atoms with E-state index >= 15 is 0 Å². The number of allylic oxidation sites excluding steroid dienone is 1. The van der Waals surface area contributed by atoms with Gasteiger partial charge in [0.2, 0.25) is 0 Å². The molecule has 1 aromatic rings. The van der Waals surface area contributed by atoms with Crippen LogP contribution in [0, 0.1) is 17.7 Å². The maximum atomic E-state index is 13.4. The molecule has 0 saturated carbocycles. The van der Waals surface area contributed by atoms with Gasteiger partial charge in [0.25, 0.3) is 0 Å². The van der Waals surface area contributed by atoms with Gasteiger partial charge in [0.1, 0.15) is 11.7 Å². The number of methoxy groups -OCH3 is 1. The molecule has 156 valence electrons. The standard InChI is InChI=1S/C19H23FN2O2.2C2H6/c1-11(2)17-16(19(23)24-3)15(12-6-8-13(20)9-7-12)14-5-4-10-21-18(14)22-17;2*1-2/h6-9,11,14-15H,4-5,10H2,1-3H3,(H,21,22);2*1-2H3. The van der Waals surface area contributed by atoms with Gasteiger partial charge in [0.05, 0.1) is 12.7 Å². The van der Waals surface area contributed by atoms with E-state index in [1.165, 1.54) is 19.2 Å². The molecule has 0 spiro atoms. The van der Waals surface area contributed by atoms with Gasteiger partial charge in [-0.3, -0.25) is 4.99 Å². The summed E-state index contributed by atoms with van der Waals surface area (Å²) in [5.74, 6) is 0.402. The number of hydrogen-bond acceptors (Lipinski definition) is 4. The molecule has 5 heteroatoms. The molecule has 2 aliphatic heterocycles. The van der Waals surface area contributed by atoms with E-state index in [1.807, 2.05) is 41.5 Å². The summed E-state index contributed by atoms with van der Waals surface area (Å²) in [5, 5.41) is 3.39. The van der Waals surface area contributed by atoms with Gasteiger partial charge in [-0.1, -0.05) is 53.7 Å². The fourth-order valence-electron chi connectivity index (χ4n) is 3.67. The Morgan fingerprint density at radius 1 is 1.18 bits per heavy atom. The Morgan fingerprint density at radius 3 is 2.32 bits per heavy atom. The van der Waals surface area contributed by atoms with Crippen molar-refractivity contribution in [2.45, 2.75) is 60.3 Å². The lowest BCUT2D eigenvalue weighted by atomic mass is 9.72. The summed E-state index contributed by atoms with van der Waals surface area (Å²) in [6.45, 7) is 12.9. The molecular weight excluding hydrogens is 355 g/mol. The van der Waals surface area contributed by atoms with Crippen molar-refractivity contribution in [2.24, 2.45) is 16.8 Å². The van der Waals surface area contributed by atoms with E-state index in [2.05, 4.69) is 10.3 Å². The van der Waals surface area contributed by atoms with Crippen molar-refractivity contribution < 1.29 is 13.9 Å². The second kappa shape index (κ2) is 11.6. The predicted molar refractivity (Wildman–Crippen MR) is 114 cm³/mol. The van der Waals surface area contributed by atoms with Crippen LogP contribution in [0.3, 0.4) is 0 Å². The fraction of sp³-hybridized carbons (Fsp3) is 0.565. The fourth-order valence-corrected chi connectivity index (χ4v) is 3.67. The van der Waals surface area contributed by atoms with E-state index in [4.69, 9.17) is 4.74 Å². The lowest BCUT2D eigenvalue weighted by Crippen LogP contribution is -2.45. The molecular formula is C23H35FN2O2. The van der Waals surface area contributed by atoms with Crippen LogP contribution in [0.2, 0.25) is 0 Å². The summed E-state index contributed by atoms with van der Waals surface area (Å²) < 4.78 is 18.4. The molecule has 28 heavy (non-hydrogen) atoms. The second-order valence-corrected chi connectivity index (χ2v) is 6.64. The predicted octanol–water partition coefficient (Wildman–Crippen LogP) is 5.46. The Hall–Kier alpha value is -2.17. The van der Waals surface area contributed by atoms with Crippen LogP contribution in [0.25, 0.3) is 0 Å². The van der Waals surface area contributed by atoms with E-state index < -0.39 is 0 Å². The van der Waals surface area contributed by atoms with E-state index in [0.717, 1.165) is 36.5 Å². The lowest BCUT2D eigenvalue weighted by molar-refractivity contribution is -0.136. The summed E-state index contributed by atoms with van der Waals surface area (Å²) in [4.78, 5) is 17.2. The molecule has 2 atom stereocenters. The number of carbonyl (C=O) groups excluding carboxylic acids is 1. The molecule has 0 saturated heterocycles. The van der Waals surface area contributed by atoms with Crippen molar-refractivity contribution >= 4 is 11.8 Å². The Kier molecular flexibility index (Phi) is 9.91. The first-order chi connectivity index (χ1) is 13.5. The van der Waals surface area contributed by atoms with Gasteiger partial charge in [-0.05, 0) is 36.5 Å². The number of hydrogen-bond donors (Lipinski definition) is 1. The number of amidine groups is 1. The SMILES string of the molecule is CC.CC.COC(=O)C1=C(C(C)C)NC2=NCCCC2C1c1ccc(F)cc1. The normalized spacial score (nSPS) is 20.5. The monoisotopic (exact) mass is 390 g/mol. The van der Waals surface area contributed by atoms with Crippen molar-refractivity contribution in [1.82, 2.24) is 5.32 Å². The van der Waals surface area contributed by atoms with Gasteiger partial charge >= 0.3 is 5.97 Å². The third kappa shape index (κ3) is 5.21. The van der Waals surface area contributed by atoms with Crippen LogP contribution in [0.4, 0.5) is 4.39 Å². The highest BCUT2D eigenvalue weighted by molar-refractivity contribution is 5.98. The van der Waals surface area contributed by atoms with Crippen LogP contribution < -0.4 is 5.32 Å². The molecule has 0 radical (unpaired) electrons. The molecule has 1 N–H and O–H groups in total. The molecule has 2 unspecified atom stereocenters. The number of nitrogens with one attached hydrogen (secondary N) is 1.